The van der Waals surface area contributed by atoms with Gasteiger partial charge in [-0.2, -0.15) is 0 Å². The number of hydrogen-bond acceptors (Lipinski definition) is 7. The molecule has 0 radical (unpaired) electrons. The molecule has 2 saturated heterocycles. The molecule has 0 bridgehead atoms. The first kappa shape index (κ1) is 22.8. The summed E-state index contributed by atoms with van der Waals surface area (Å²) in [6.07, 6.45) is 0.821. The van der Waals surface area contributed by atoms with Gasteiger partial charge in [0.05, 0.1) is 31.3 Å². The van der Waals surface area contributed by atoms with Gasteiger partial charge in [-0.25, -0.2) is 4.79 Å². The molecule has 0 aliphatic carbocycles. The number of nitrogens with one attached hydrogen (secondary N) is 1. The maximum Gasteiger partial charge on any atom is 0.407 e. The first-order chi connectivity index (χ1) is 12.8. The van der Waals surface area contributed by atoms with E-state index in [-0.39, 0.29) is 24.2 Å². The Balaban J connectivity index is 0.000000309. The highest BCUT2D eigenvalue weighted by Gasteiger charge is 2.28. The molecule has 1 amide bonds. The number of amides is 1. The minimum absolute atomic E-state index is 0.0706. The Morgan fingerprint density at radius 2 is 1.67 bits per heavy atom. The van der Waals surface area contributed by atoms with Crippen molar-refractivity contribution in [2.24, 2.45) is 16.0 Å². The Hall–Kier alpha value is -2.23. The second-order valence-electron chi connectivity index (χ2n) is 7.19. The van der Waals surface area contributed by atoms with E-state index in [0.717, 1.165) is 6.42 Å². The van der Waals surface area contributed by atoms with Crippen LogP contribution in [0.5, 0.6) is 0 Å². The summed E-state index contributed by atoms with van der Waals surface area (Å²) >= 11 is 0. The lowest BCUT2D eigenvalue weighted by atomic mass is 10.1. The van der Waals surface area contributed by atoms with Crippen LogP contribution in [0.15, 0.2) is 10.2 Å². The van der Waals surface area contributed by atoms with Gasteiger partial charge in [0.25, 0.3) is 0 Å². The lowest BCUT2D eigenvalue weighted by molar-refractivity contribution is 0.0299. The molecule has 152 valence electrons. The van der Waals surface area contributed by atoms with Crippen molar-refractivity contribution in [2.45, 2.75) is 63.4 Å². The van der Waals surface area contributed by atoms with Crippen LogP contribution in [0.1, 0.15) is 33.6 Å². The van der Waals surface area contributed by atoms with Crippen LogP contribution in [0.25, 0.3) is 20.9 Å². The van der Waals surface area contributed by atoms with E-state index in [1.165, 1.54) is 0 Å². The minimum atomic E-state index is -0.548. The molecular formula is C15H28N8O4. The van der Waals surface area contributed by atoms with Gasteiger partial charge in [-0.05, 0) is 44.7 Å². The average molecular weight is 384 g/mol. The van der Waals surface area contributed by atoms with Gasteiger partial charge in [-0.3, -0.25) is 0 Å². The van der Waals surface area contributed by atoms with E-state index in [9.17, 15) is 4.79 Å². The highest BCUT2D eigenvalue weighted by atomic mass is 16.6. The molecule has 2 rings (SSSR count). The highest BCUT2D eigenvalue weighted by Crippen LogP contribution is 2.13. The van der Waals surface area contributed by atoms with E-state index in [0.29, 0.717) is 32.8 Å². The minimum Gasteiger partial charge on any atom is -0.444 e. The van der Waals surface area contributed by atoms with Gasteiger partial charge in [0.15, 0.2) is 0 Å². The Labute approximate surface area is 158 Å². The van der Waals surface area contributed by atoms with Crippen molar-refractivity contribution in [1.82, 2.24) is 5.32 Å². The van der Waals surface area contributed by atoms with Gasteiger partial charge in [0.2, 0.25) is 0 Å². The molecule has 2 heterocycles. The van der Waals surface area contributed by atoms with Crippen LogP contribution in [0.4, 0.5) is 4.79 Å². The molecule has 27 heavy (non-hydrogen) atoms. The molecule has 0 unspecified atom stereocenters. The third-order valence-corrected chi connectivity index (χ3v) is 3.78. The summed E-state index contributed by atoms with van der Waals surface area (Å²) in [6.45, 7) is 7.39. The zero-order valence-corrected chi connectivity index (χ0v) is 15.9. The van der Waals surface area contributed by atoms with Crippen LogP contribution in [0.3, 0.4) is 0 Å². The zero-order valence-electron chi connectivity index (χ0n) is 15.9. The topological polar surface area (TPSA) is 180 Å². The fourth-order valence-electron chi connectivity index (χ4n) is 2.49. The molecule has 0 saturated carbocycles. The normalized spacial score (nSPS) is 27.7. The van der Waals surface area contributed by atoms with Crippen molar-refractivity contribution in [3.05, 3.63) is 20.9 Å². The van der Waals surface area contributed by atoms with E-state index >= 15 is 0 Å². The predicted octanol–water partition coefficient (Wildman–Crippen LogP) is 2.39. The third kappa shape index (κ3) is 9.32. The van der Waals surface area contributed by atoms with E-state index < -0.39 is 11.7 Å². The molecule has 0 aromatic rings. The fraction of sp³-hybridized carbons (Fsp3) is 0.933. The molecule has 12 heteroatoms. The second-order valence-corrected chi connectivity index (χ2v) is 7.19. The van der Waals surface area contributed by atoms with Gasteiger partial charge in [0, 0.05) is 29.1 Å². The van der Waals surface area contributed by atoms with Crippen molar-refractivity contribution in [3.63, 3.8) is 0 Å². The first-order valence-electron chi connectivity index (χ1n) is 8.76. The number of hydrogen-bond donors (Lipinski definition) is 2. The molecule has 2 fully saturated rings. The number of ether oxygens (including phenoxy) is 3. The number of rotatable bonds is 3. The number of nitrogens with zero attached hydrogens (tertiary/aromatic N) is 6. The molecular weight excluding hydrogens is 356 g/mol. The van der Waals surface area contributed by atoms with Crippen molar-refractivity contribution in [3.8, 4) is 0 Å². The molecule has 2 aliphatic heterocycles. The third-order valence-electron chi connectivity index (χ3n) is 3.78. The SMILES string of the molecule is CC(C)(C)OC(=O)N[C@@H]1COCC[C@@H]1N=[N+]=[N-].[N-]=[N+]=N[C@H]1CCOC[C@H]1N. The lowest BCUT2D eigenvalue weighted by Crippen LogP contribution is -2.49. The van der Waals surface area contributed by atoms with Crippen LogP contribution in [-0.2, 0) is 14.2 Å². The van der Waals surface area contributed by atoms with Crippen molar-refractivity contribution in [1.29, 1.82) is 0 Å². The Kier molecular flexibility index (Phi) is 9.70. The number of carbonyl (C=O) groups is 1. The summed E-state index contributed by atoms with van der Waals surface area (Å²) in [5.41, 5.74) is 21.6. The number of alkyl carbamates (subject to hydrolysis) is 1. The smallest absolute Gasteiger partial charge is 0.407 e. The number of nitrogens with two attached hydrogens (primary N) is 1. The van der Waals surface area contributed by atoms with Gasteiger partial charge < -0.3 is 25.3 Å². The molecule has 0 spiro atoms. The largest absolute Gasteiger partial charge is 0.444 e. The van der Waals surface area contributed by atoms with Gasteiger partial charge >= 0.3 is 6.09 Å². The molecule has 4 atom stereocenters. The zero-order chi connectivity index (χ0) is 20.3. The van der Waals surface area contributed by atoms with Crippen LogP contribution in [-0.4, -0.2) is 62.3 Å². The average Bonchev–Trinajstić information content (AvgIpc) is 2.58. The quantitative estimate of drug-likeness (QED) is 0.429. The van der Waals surface area contributed by atoms with E-state index in [4.69, 9.17) is 31.0 Å². The summed E-state index contributed by atoms with van der Waals surface area (Å²) in [5, 5.41) is 9.84. The molecule has 2 aliphatic rings. The maximum absolute atomic E-state index is 11.6. The van der Waals surface area contributed by atoms with Crippen LogP contribution < -0.4 is 11.1 Å². The van der Waals surface area contributed by atoms with E-state index in [1.807, 2.05) is 0 Å². The Bertz CT molecular complexity index is 569. The molecule has 0 aromatic carbocycles. The van der Waals surface area contributed by atoms with Crippen LogP contribution >= 0.6 is 0 Å². The maximum atomic E-state index is 11.6. The van der Waals surface area contributed by atoms with Gasteiger partial charge in [-0.15, -0.1) is 0 Å². The second kappa shape index (κ2) is 11.5. The first-order valence-corrected chi connectivity index (χ1v) is 8.76. The number of carbonyl (C=O) groups excluding carboxylic acids is 1. The Morgan fingerprint density at radius 1 is 1.11 bits per heavy atom. The highest BCUT2D eigenvalue weighted by molar-refractivity contribution is 5.68. The lowest BCUT2D eigenvalue weighted by Gasteiger charge is -2.30. The van der Waals surface area contributed by atoms with Crippen molar-refractivity contribution >= 4 is 6.09 Å². The summed E-state index contributed by atoms with van der Waals surface area (Å²) < 4.78 is 15.4. The van der Waals surface area contributed by atoms with Crippen molar-refractivity contribution < 1.29 is 19.0 Å². The molecule has 12 nitrogen and oxygen atoms in total. The summed E-state index contributed by atoms with van der Waals surface area (Å²) in [6, 6.07) is -0.792. The molecule has 3 N–H and O–H groups in total. The van der Waals surface area contributed by atoms with Crippen LogP contribution in [0, 0.1) is 0 Å². The monoisotopic (exact) mass is 384 g/mol. The fourth-order valence-corrected chi connectivity index (χ4v) is 2.49. The van der Waals surface area contributed by atoms with Gasteiger partial charge in [0.1, 0.15) is 5.60 Å². The summed E-state index contributed by atoms with van der Waals surface area (Å²) in [7, 11) is 0. The molecule has 0 aromatic heterocycles. The van der Waals surface area contributed by atoms with E-state index in [1.54, 1.807) is 20.8 Å². The summed E-state index contributed by atoms with van der Waals surface area (Å²) in [5.74, 6) is 0. The number of azide groups is 2. The Morgan fingerprint density at radius 3 is 2.22 bits per heavy atom. The van der Waals surface area contributed by atoms with Crippen molar-refractivity contribution in [2.75, 3.05) is 26.4 Å². The van der Waals surface area contributed by atoms with Crippen LogP contribution in [0.2, 0.25) is 0 Å². The summed E-state index contributed by atoms with van der Waals surface area (Å²) in [4.78, 5) is 17.0. The van der Waals surface area contributed by atoms with Gasteiger partial charge in [-0.1, -0.05) is 10.2 Å². The van der Waals surface area contributed by atoms with E-state index in [2.05, 4.69) is 25.4 Å². The standard InChI is InChI=1S/C10H18N4O3.C5H10N4O/c1-10(2,3)17-9(15)12-8-6-16-5-4-7(8)13-14-11;6-4-3-10-2-1-5(4)8-9-7/h7-8H,4-6H2,1-3H3,(H,12,15);4-5H,1-3,6H2/t7-,8+;4-,5+/m01/s1. The predicted molar refractivity (Wildman–Crippen MR) is 97.9 cm³/mol.